The molecule has 1 aromatic heterocycles. The fraction of sp³-hybridized carbons (Fsp3) is 0.136. The monoisotopic (exact) mass is 392 g/mol. The number of nitrogens with zero attached hydrogens (tertiary/aromatic N) is 2. The number of esters is 1. The number of rotatable bonds is 7. The van der Waals surface area contributed by atoms with Gasteiger partial charge in [-0.25, -0.2) is 9.78 Å². The third-order valence-corrected chi connectivity index (χ3v) is 4.71. The van der Waals surface area contributed by atoms with Gasteiger partial charge in [0.1, 0.15) is 0 Å². The summed E-state index contributed by atoms with van der Waals surface area (Å²) < 4.78 is 5.13. The van der Waals surface area contributed by atoms with Crippen LogP contribution in [0, 0.1) is 6.92 Å². The largest absolute Gasteiger partial charge is 0.452 e. The third-order valence-electron chi connectivity index (χ3n) is 3.92. The average Bonchev–Trinajstić information content (AvgIpc) is 3.15. The number of hydrogen-bond donors (Lipinski definition) is 0. The number of aryl methyl sites for hydroxylation is 1. The summed E-state index contributed by atoms with van der Waals surface area (Å²) in [7, 11) is 0. The van der Waals surface area contributed by atoms with Crippen molar-refractivity contribution in [2.24, 2.45) is 0 Å². The second kappa shape index (κ2) is 9.62. The Balaban J connectivity index is 1.64. The average molecular weight is 392 g/mol. The Morgan fingerprint density at radius 2 is 1.75 bits per heavy atom. The van der Waals surface area contributed by atoms with E-state index >= 15 is 0 Å². The molecule has 0 unspecified atom stereocenters. The highest BCUT2D eigenvalue weighted by Crippen LogP contribution is 2.17. The van der Waals surface area contributed by atoms with Gasteiger partial charge in [0.15, 0.2) is 6.61 Å². The number of thiazole rings is 1. The van der Waals surface area contributed by atoms with Crippen LogP contribution in [0.4, 0.5) is 5.69 Å². The lowest BCUT2D eigenvalue weighted by Crippen LogP contribution is -2.34. The van der Waals surface area contributed by atoms with Gasteiger partial charge in [-0.15, -0.1) is 11.3 Å². The van der Waals surface area contributed by atoms with Gasteiger partial charge < -0.3 is 9.64 Å². The predicted molar refractivity (Wildman–Crippen MR) is 111 cm³/mol. The Labute approximate surface area is 167 Å². The Morgan fingerprint density at radius 1 is 1.07 bits per heavy atom. The molecular formula is C22H20N2O3S. The first-order chi connectivity index (χ1) is 13.6. The first-order valence-corrected chi connectivity index (χ1v) is 9.66. The molecule has 0 aliphatic rings. The molecule has 0 N–H and O–H groups in total. The van der Waals surface area contributed by atoms with Crippen LogP contribution in [0.5, 0.6) is 0 Å². The molecule has 0 bridgehead atoms. The summed E-state index contributed by atoms with van der Waals surface area (Å²) in [6, 6.07) is 19.0. The normalized spacial score (nSPS) is 10.8. The number of para-hydroxylation sites is 1. The standard InChI is InChI=1S/C22H20N2O3S/c1-17-23-19(16-28-17)12-13-22(26)27-15-21(25)24(20-10-6-3-7-11-20)14-18-8-4-2-5-9-18/h2-13,16H,14-15H2,1H3/b13-12+. The SMILES string of the molecule is Cc1nc(/C=C/C(=O)OCC(=O)N(Cc2ccccc2)c2ccccc2)cs1. The summed E-state index contributed by atoms with van der Waals surface area (Å²) in [5.74, 6) is -0.868. The quantitative estimate of drug-likeness (QED) is 0.446. The molecule has 5 nitrogen and oxygen atoms in total. The second-order valence-electron chi connectivity index (χ2n) is 6.03. The number of anilines is 1. The molecule has 142 valence electrons. The minimum absolute atomic E-state index is 0.290. The Morgan fingerprint density at radius 3 is 2.39 bits per heavy atom. The highest BCUT2D eigenvalue weighted by molar-refractivity contribution is 7.09. The highest BCUT2D eigenvalue weighted by atomic mass is 32.1. The van der Waals surface area contributed by atoms with Crippen LogP contribution in [0.25, 0.3) is 6.08 Å². The lowest BCUT2D eigenvalue weighted by atomic mass is 10.2. The van der Waals surface area contributed by atoms with Crippen molar-refractivity contribution >= 4 is 35.0 Å². The van der Waals surface area contributed by atoms with Crippen LogP contribution in [-0.4, -0.2) is 23.5 Å². The molecule has 0 saturated carbocycles. The van der Waals surface area contributed by atoms with Crippen molar-refractivity contribution in [2.75, 3.05) is 11.5 Å². The molecular weight excluding hydrogens is 372 g/mol. The zero-order chi connectivity index (χ0) is 19.8. The van der Waals surface area contributed by atoms with Gasteiger partial charge in [0.25, 0.3) is 5.91 Å². The van der Waals surface area contributed by atoms with E-state index in [9.17, 15) is 9.59 Å². The second-order valence-corrected chi connectivity index (χ2v) is 7.10. The van der Waals surface area contributed by atoms with Crippen molar-refractivity contribution in [3.05, 3.63) is 88.4 Å². The van der Waals surface area contributed by atoms with Crippen molar-refractivity contribution in [3.8, 4) is 0 Å². The number of amides is 1. The van der Waals surface area contributed by atoms with Gasteiger partial charge in [-0.3, -0.25) is 4.79 Å². The fourth-order valence-electron chi connectivity index (χ4n) is 2.57. The summed E-state index contributed by atoms with van der Waals surface area (Å²) in [5, 5.41) is 2.77. The van der Waals surface area contributed by atoms with E-state index in [0.29, 0.717) is 12.2 Å². The molecule has 0 fully saturated rings. The van der Waals surface area contributed by atoms with Crippen LogP contribution in [0.15, 0.2) is 72.1 Å². The van der Waals surface area contributed by atoms with E-state index in [1.54, 1.807) is 11.0 Å². The van der Waals surface area contributed by atoms with Gasteiger partial charge in [-0.05, 0) is 30.7 Å². The Bertz CT molecular complexity index is 952. The maximum absolute atomic E-state index is 12.7. The molecule has 3 aromatic rings. The third kappa shape index (κ3) is 5.62. The molecule has 0 spiro atoms. The topological polar surface area (TPSA) is 59.5 Å². The molecule has 0 aliphatic heterocycles. The predicted octanol–water partition coefficient (Wildman–Crippen LogP) is 4.24. The van der Waals surface area contributed by atoms with Gasteiger partial charge >= 0.3 is 5.97 Å². The van der Waals surface area contributed by atoms with Gasteiger partial charge in [-0.2, -0.15) is 0 Å². The summed E-state index contributed by atoms with van der Waals surface area (Å²) in [4.78, 5) is 30.5. The van der Waals surface area contributed by atoms with E-state index in [0.717, 1.165) is 16.3 Å². The molecule has 1 heterocycles. The van der Waals surface area contributed by atoms with Crippen LogP contribution in [-0.2, 0) is 20.9 Å². The Kier molecular flexibility index (Phi) is 6.70. The maximum Gasteiger partial charge on any atom is 0.331 e. The van der Waals surface area contributed by atoms with E-state index in [4.69, 9.17) is 4.74 Å². The summed E-state index contributed by atoms with van der Waals surface area (Å²) in [6.07, 6.45) is 2.86. The van der Waals surface area contributed by atoms with Gasteiger partial charge in [-0.1, -0.05) is 48.5 Å². The fourth-order valence-corrected chi connectivity index (χ4v) is 3.15. The number of benzene rings is 2. The number of carbonyl (C=O) groups excluding carboxylic acids is 2. The first kappa shape index (κ1) is 19.5. The van der Waals surface area contributed by atoms with Crippen molar-refractivity contribution in [2.45, 2.75) is 13.5 Å². The molecule has 0 radical (unpaired) electrons. The molecule has 0 aliphatic carbocycles. The van der Waals surface area contributed by atoms with Crippen LogP contribution >= 0.6 is 11.3 Å². The van der Waals surface area contributed by atoms with Gasteiger partial charge in [0.05, 0.1) is 17.2 Å². The maximum atomic E-state index is 12.7. The molecule has 6 heteroatoms. The van der Waals surface area contributed by atoms with E-state index in [-0.39, 0.29) is 12.5 Å². The van der Waals surface area contributed by atoms with E-state index in [1.165, 1.54) is 17.4 Å². The number of carbonyl (C=O) groups is 2. The molecule has 3 rings (SSSR count). The van der Waals surface area contributed by atoms with Crippen molar-refractivity contribution in [1.82, 2.24) is 4.98 Å². The number of aromatic nitrogens is 1. The number of ether oxygens (including phenoxy) is 1. The summed E-state index contributed by atoms with van der Waals surface area (Å²) in [6.45, 7) is 1.96. The number of hydrogen-bond acceptors (Lipinski definition) is 5. The zero-order valence-corrected chi connectivity index (χ0v) is 16.3. The van der Waals surface area contributed by atoms with Crippen molar-refractivity contribution < 1.29 is 14.3 Å². The van der Waals surface area contributed by atoms with Crippen LogP contribution in [0.2, 0.25) is 0 Å². The molecule has 2 aromatic carbocycles. The first-order valence-electron chi connectivity index (χ1n) is 8.78. The van der Waals surface area contributed by atoms with E-state index in [2.05, 4.69) is 4.98 Å². The minimum atomic E-state index is -0.577. The lowest BCUT2D eigenvalue weighted by Gasteiger charge is -2.22. The van der Waals surface area contributed by atoms with Crippen LogP contribution in [0.1, 0.15) is 16.3 Å². The summed E-state index contributed by atoms with van der Waals surface area (Å²) >= 11 is 1.50. The molecule has 0 saturated heterocycles. The lowest BCUT2D eigenvalue weighted by molar-refractivity contribution is -0.142. The van der Waals surface area contributed by atoms with E-state index < -0.39 is 5.97 Å². The van der Waals surface area contributed by atoms with Gasteiger partial charge in [0.2, 0.25) is 0 Å². The van der Waals surface area contributed by atoms with Crippen LogP contribution in [0.3, 0.4) is 0 Å². The van der Waals surface area contributed by atoms with E-state index in [1.807, 2.05) is 73.0 Å². The van der Waals surface area contributed by atoms with Crippen molar-refractivity contribution in [1.29, 1.82) is 0 Å². The molecule has 0 atom stereocenters. The molecule has 1 amide bonds. The highest BCUT2D eigenvalue weighted by Gasteiger charge is 2.17. The van der Waals surface area contributed by atoms with Gasteiger partial charge in [0, 0.05) is 17.1 Å². The van der Waals surface area contributed by atoms with Crippen molar-refractivity contribution in [3.63, 3.8) is 0 Å². The summed E-state index contributed by atoms with van der Waals surface area (Å²) in [5.41, 5.74) is 2.44. The zero-order valence-electron chi connectivity index (χ0n) is 15.4. The molecule has 28 heavy (non-hydrogen) atoms. The smallest absolute Gasteiger partial charge is 0.331 e. The van der Waals surface area contributed by atoms with Crippen LogP contribution < -0.4 is 4.90 Å². The Hall–Kier alpha value is -3.25. The minimum Gasteiger partial charge on any atom is -0.452 e.